The van der Waals surface area contributed by atoms with Crippen LogP contribution in [0.3, 0.4) is 0 Å². The SMILES string of the molecule is Cc1[nH]cc(-c2cccc(C(F)(F)F)c2)c(=S)c1-c1ccccc1. The van der Waals surface area contributed by atoms with Gasteiger partial charge in [0.15, 0.2) is 0 Å². The maximum absolute atomic E-state index is 13.0. The van der Waals surface area contributed by atoms with Crippen LogP contribution in [0.15, 0.2) is 60.8 Å². The van der Waals surface area contributed by atoms with Gasteiger partial charge in [-0.15, -0.1) is 0 Å². The van der Waals surface area contributed by atoms with E-state index in [2.05, 4.69) is 4.98 Å². The predicted octanol–water partition coefficient (Wildman–Crippen LogP) is 6.41. The number of benzene rings is 2. The molecule has 0 saturated carbocycles. The number of alkyl halides is 3. The number of aromatic amines is 1. The molecule has 0 unspecified atom stereocenters. The summed E-state index contributed by atoms with van der Waals surface area (Å²) < 4.78 is 39.4. The third-order valence-electron chi connectivity index (χ3n) is 3.84. The smallest absolute Gasteiger partial charge is 0.364 e. The van der Waals surface area contributed by atoms with E-state index in [1.807, 2.05) is 37.3 Å². The van der Waals surface area contributed by atoms with Crippen LogP contribution < -0.4 is 0 Å². The number of H-pyrrole nitrogens is 1. The lowest BCUT2D eigenvalue weighted by Crippen LogP contribution is -2.04. The Bertz CT molecular complexity index is 927. The van der Waals surface area contributed by atoms with Crippen LogP contribution in [0.1, 0.15) is 11.3 Å². The van der Waals surface area contributed by atoms with Gasteiger partial charge < -0.3 is 4.98 Å². The zero-order valence-corrected chi connectivity index (χ0v) is 13.6. The molecule has 0 saturated heterocycles. The highest BCUT2D eigenvalue weighted by Crippen LogP contribution is 2.34. The summed E-state index contributed by atoms with van der Waals surface area (Å²) in [6.07, 6.45) is -2.71. The van der Waals surface area contributed by atoms with Gasteiger partial charge in [0.2, 0.25) is 0 Å². The molecular weight excluding hydrogens is 331 g/mol. The number of rotatable bonds is 2. The maximum Gasteiger partial charge on any atom is 0.416 e. The Morgan fingerprint density at radius 3 is 2.25 bits per heavy atom. The van der Waals surface area contributed by atoms with E-state index in [9.17, 15) is 13.2 Å². The molecule has 2 aromatic carbocycles. The molecule has 5 heteroatoms. The van der Waals surface area contributed by atoms with E-state index in [0.29, 0.717) is 15.6 Å². The largest absolute Gasteiger partial charge is 0.416 e. The fourth-order valence-corrected chi connectivity index (χ4v) is 3.10. The molecule has 122 valence electrons. The first kappa shape index (κ1) is 16.5. The van der Waals surface area contributed by atoms with E-state index in [-0.39, 0.29) is 0 Å². The van der Waals surface area contributed by atoms with Gasteiger partial charge in [0.25, 0.3) is 0 Å². The highest BCUT2D eigenvalue weighted by Gasteiger charge is 2.30. The summed E-state index contributed by atoms with van der Waals surface area (Å²) >= 11 is 5.58. The summed E-state index contributed by atoms with van der Waals surface area (Å²) in [4.78, 5) is 3.12. The van der Waals surface area contributed by atoms with Crippen molar-refractivity contribution in [3.8, 4) is 22.3 Å². The van der Waals surface area contributed by atoms with Crippen molar-refractivity contribution in [1.82, 2.24) is 4.98 Å². The van der Waals surface area contributed by atoms with Crippen molar-refractivity contribution in [3.05, 3.63) is 76.6 Å². The van der Waals surface area contributed by atoms with Crippen LogP contribution in [0.4, 0.5) is 13.2 Å². The van der Waals surface area contributed by atoms with Crippen molar-refractivity contribution in [3.63, 3.8) is 0 Å². The lowest BCUT2D eigenvalue weighted by atomic mass is 9.98. The summed E-state index contributed by atoms with van der Waals surface area (Å²) in [5, 5.41) is 0. The third-order valence-corrected chi connectivity index (χ3v) is 4.27. The van der Waals surface area contributed by atoms with Gasteiger partial charge in [0.05, 0.1) is 10.1 Å². The normalized spacial score (nSPS) is 11.5. The van der Waals surface area contributed by atoms with Gasteiger partial charge in [-0.3, -0.25) is 0 Å². The van der Waals surface area contributed by atoms with Gasteiger partial charge in [-0.05, 0) is 30.2 Å². The van der Waals surface area contributed by atoms with Crippen LogP contribution in [-0.4, -0.2) is 4.98 Å². The van der Waals surface area contributed by atoms with Crippen molar-refractivity contribution in [1.29, 1.82) is 0 Å². The lowest BCUT2D eigenvalue weighted by molar-refractivity contribution is -0.137. The Hall–Kier alpha value is -2.40. The van der Waals surface area contributed by atoms with E-state index in [1.165, 1.54) is 6.07 Å². The molecule has 1 N–H and O–H groups in total. The molecule has 1 aromatic heterocycles. The number of hydrogen-bond acceptors (Lipinski definition) is 1. The van der Waals surface area contributed by atoms with Gasteiger partial charge >= 0.3 is 6.18 Å². The fourth-order valence-electron chi connectivity index (χ4n) is 2.65. The van der Waals surface area contributed by atoms with Gasteiger partial charge in [0, 0.05) is 23.0 Å². The summed E-state index contributed by atoms with van der Waals surface area (Å²) in [5.41, 5.74) is 2.99. The number of halogens is 3. The van der Waals surface area contributed by atoms with Crippen LogP contribution in [0.2, 0.25) is 0 Å². The van der Waals surface area contributed by atoms with Crippen molar-refractivity contribution < 1.29 is 13.2 Å². The van der Waals surface area contributed by atoms with E-state index >= 15 is 0 Å². The van der Waals surface area contributed by atoms with Gasteiger partial charge in [0.1, 0.15) is 0 Å². The summed E-state index contributed by atoms with van der Waals surface area (Å²) in [5.74, 6) is 0. The summed E-state index contributed by atoms with van der Waals surface area (Å²) in [7, 11) is 0. The minimum Gasteiger partial charge on any atom is -0.364 e. The van der Waals surface area contributed by atoms with Crippen LogP contribution in [-0.2, 0) is 6.18 Å². The van der Waals surface area contributed by atoms with E-state index < -0.39 is 11.7 Å². The van der Waals surface area contributed by atoms with E-state index in [4.69, 9.17) is 12.2 Å². The highest BCUT2D eigenvalue weighted by atomic mass is 32.1. The van der Waals surface area contributed by atoms with Gasteiger partial charge in [-0.25, -0.2) is 0 Å². The van der Waals surface area contributed by atoms with Crippen LogP contribution in [0, 0.1) is 11.4 Å². The molecule has 1 heterocycles. The van der Waals surface area contributed by atoms with Crippen LogP contribution >= 0.6 is 12.2 Å². The lowest BCUT2D eigenvalue weighted by Gasteiger charge is -2.12. The molecule has 3 rings (SSSR count). The second kappa shape index (κ2) is 6.24. The highest BCUT2D eigenvalue weighted by molar-refractivity contribution is 7.71. The zero-order chi connectivity index (χ0) is 17.3. The molecule has 0 bridgehead atoms. The summed E-state index contributed by atoms with van der Waals surface area (Å²) in [6.45, 7) is 1.90. The molecule has 3 aromatic rings. The minimum atomic E-state index is -4.38. The molecule has 24 heavy (non-hydrogen) atoms. The molecule has 0 amide bonds. The molecule has 0 atom stereocenters. The first-order valence-electron chi connectivity index (χ1n) is 7.33. The Balaban J connectivity index is 2.20. The number of pyridine rings is 1. The Kier molecular flexibility index (Phi) is 4.28. The molecule has 0 radical (unpaired) electrons. The number of aryl methyl sites for hydroxylation is 1. The Morgan fingerprint density at radius 2 is 1.58 bits per heavy atom. The standard InChI is InChI=1S/C19H14F3NS/c1-12-17(13-6-3-2-4-7-13)18(24)16(11-23-12)14-8-5-9-15(10-14)19(20,21)22/h2-11H,1H3,(H,23,24). The Morgan fingerprint density at radius 1 is 0.917 bits per heavy atom. The average molecular weight is 345 g/mol. The topological polar surface area (TPSA) is 15.8 Å². The van der Waals surface area contributed by atoms with E-state index in [0.717, 1.165) is 29.0 Å². The Labute approximate surface area is 142 Å². The van der Waals surface area contributed by atoms with Gasteiger partial charge in [-0.2, -0.15) is 13.2 Å². The molecule has 0 aliphatic rings. The maximum atomic E-state index is 13.0. The number of aromatic nitrogens is 1. The van der Waals surface area contributed by atoms with Crippen LogP contribution in [0.5, 0.6) is 0 Å². The molecule has 1 nitrogen and oxygen atoms in total. The number of hydrogen-bond donors (Lipinski definition) is 1. The van der Waals surface area contributed by atoms with Crippen molar-refractivity contribution in [2.75, 3.05) is 0 Å². The molecule has 0 fully saturated rings. The first-order chi connectivity index (χ1) is 11.4. The first-order valence-corrected chi connectivity index (χ1v) is 7.74. The summed E-state index contributed by atoms with van der Waals surface area (Å²) in [6, 6.07) is 14.8. The zero-order valence-electron chi connectivity index (χ0n) is 12.8. The minimum absolute atomic E-state index is 0.447. The van der Waals surface area contributed by atoms with E-state index in [1.54, 1.807) is 12.3 Å². The molecule has 0 aliphatic carbocycles. The molecular formula is C19H14F3NS. The molecule has 0 spiro atoms. The molecule has 0 aliphatic heterocycles. The van der Waals surface area contributed by atoms with Crippen molar-refractivity contribution in [2.45, 2.75) is 13.1 Å². The van der Waals surface area contributed by atoms with Crippen LogP contribution in [0.25, 0.3) is 22.3 Å². The van der Waals surface area contributed by atoms with Crippen molar-refractivity contribution in [2.24, 2.45) is 0 Å². The monoisotopic (exact) mass is 345 g/mol. The third kappa shape index (κ3) is 3.12. The van der Waals surface area contributed by atoms with Crippen molar-refractivity contribution >= 4 is 12.2 Å². The average Bonchev–Trinajstić information content (AvgIpc) is 2.55. The van der Waals surface area contributed by atoms with Gasteiger partial charge in [-0.1, -0.05) is 54.7 Å². The fraction of sp³-hybridized carbons (Fsp3) is 0.105. The predicted molar refractivity (Wildman–Crippen MR) is 92.2 cm³/mol. The second-order valence-corrected chi connectivity index (χ2v) is 5.88. The second-order valence-electron chi connectivity index (χ2n) is 5.48. The number of nitrogens with one attached hydrogen (secondary N) is 1. The quantitative estimate of drug-likeness (QED) is 0.531.